The molecular weight excluding hydrogens is 294 g/mol. The average molecular weight is 315 g/mol. The molecule has 2 rings (SSSR count). The third-order valence-electron chi connectivity index (χ3n) is 3.70. The Kier molecular flexibility index (Phi) is 5.65. The third-order valence-corrected chi connectivity index (χ3v) is 3.70. The smallest absolute Gasteiger partial charge is 0.293 e. The van der Waals surface area contributed by atoms with Crippen LogP contribution in [0.5, 0.6) is 0 Å². The van der Waals surface area contributed by atoms with Gasteiger partial charge in [0.1, 0.15) is 0 Å². The summed E-state index contributed by atoms with van der Waals surface area (Å²) < 4.78 is 1.58. The van der Waals surface area contributed by atoms with E-state index in [1.807, 2.05) is 31.2 Å². The number of hydrogen-bond donors (Lipinski definition) is 2. The van der Waals surface area contributed by atoms with E-state index in [0.29, 0.717) is 6.54 Å². The Morgan fingerprint density at radius 1 is 1.26 bits per heavy atom. The predicted molar refractivity (Wildman–Crippen MR) is 86.0 cm³/mol. The molecule has 2 N–H and O–H groups in total. The van der Waals surface area contributed by atoms with Crippen LogP contribution in [0.3, 0.4) is 0 Å². The first kappa shape index (κ1) is 16.9. The van der Waals surface area contributed by atoms with Crippen LogP contribution in [0.25, 0.3) is 0 Å². The normalized spacial score (nSPS) is 12.0. The number of amides is 1. The Balaban J connectivity index is 2.07. The van der Waals surface area contributed by atoms with Gasteiger partial charge < -0.3 is 10.4 Å². The molecule has 0 saturated heterocycles. The lowest BCUT2D eigenvalue weighted by Gasteiger charge is -2.16. The lowest BCUT2D eigenvalue weighted by Crippen LogP contribution is -2.35. The monoisotopic (exact) mass is 315 g/mol. The Morgan fingerprint density at radius 2 is 1.96 bits per heavy atom. The summed E-state index contributed by atoms with van der Waals surface area (Å²) in [6.07, 6.45) is 3.82. The summed E-state index contributed by atoms with van der Waals surface area (Å²) in [6, 6.07) is 6.96. The molecule has 0 aliphatic carbocycles. The van der Waals surface area contributed by atoms with Gasteiger partial charge in [-0.25, -0.2) is 0 Å². The Labute approximate surface area is 135 Å². The number of carbonyl (C=O) groups excluding carboxylic acids is 2. The predicted octanol–water partition coefficient (Wildman–Crippen LogP) is 1.50. The van der Waals surface area contributed by atoms with E-state index in [2.05, 4.69) is 17.3 Å². The molecule has 0 aliphatic heterocycles. The summed E-state index contributed by atoms with van der Waals surface area (Å²) in [4.78, 5) is 24.2. The molecule has 0 aliphatic rings. The highest BCUT2D eigenvalue weighted by Gasteiger charge is 2.22. The molecule has 2 aromatic rings. The van der Waals surface area contributed by atoms with Crippen molar-refractivity contribution < 1.29 is 14.7 Å². The van der Waals surface area contributed by atoms with E-state index >= 15 is 0 Å². The summed E-state index contributed by atoms with van der Waals surface area (Å²) in [5.74, 6) is -1.41. The van der Waals surface area contributed by atoms with E-state index in [0.717, 1.165) is 12.0 Å². The highest BCUT2D eigenvalue weighted by atomic mass is 16.3. The van der Waals surface area contributed by atoms with Crippen molar-refractivity contribution in [1.82, 2.24) is 15.1 Å². The van der Waals surface area contributed by atoms with Crippen LogP contribution >= 0.6 is 0 Å². The number of ketones is 1. The molecule has 0 bridgehead atoms. The van der Waals surface area contributed by atoms with Gasteiger partial charge in [0, 0.05) is 12.7 Å². The van der Waals surface area contributed by atoms with Gasteiger partial charge in [-0.05, 0) is 24.5 Å². The number of hydrogen-bond acceptors (Lipinski definition) is 4. The highest BCUT2D eigenvalue weighted by molar-refractivity contribution is 6.42. The maximum atomic E-state index is 12.1. The topological polar surface area (TPSA) is 84.2 Å². The molecule has 0 spiro atoms. The Bertz CT molecular complexity index is 677. The van der Waals surface area contributed by atoms with E-state index in [4.69, 9.17) is 0 Å². The molecule has 1 atom stereocenters. The van der Waals surface area contributed by atoms with Gasteiger partial charge in [0.05, 0.1) is 24.4 Å². The number of aliphatic hydroxyl groups excluding tert-OH is 1. The number of nitrogens with one attached hydrogen (secondary N) is 1. The number of aromatic nitrogens is 2. The average Bonchev–Trinajstić information content (AvgIpc) is 3.08. The van der Waals surface area contributed by atoms with Crippen LogP contribution in [0, 0.1) is 0 Å². The summed E-state index contributed by atoms with van der Waals surface area (Å²) in [5.41, 5.74) is 2.16. The molecule has 122 valence electrons. The fourth-order valence-corrected chi connectivity index (χ4v) is 2.23. The fourth-order valence-electron chi connectivity index (χ4n) is 2.23. The van der Waals surface area contributed by atoms with E-state index in [1.165, 1.54) is 18.0 Å². The van der Waals surface area contributed by atoms with E-state index in [1.54, 1.807) is 4.68 Å². The van der Waals surface area contributed by atoms with E-state index in [-0.39, 0.29) is 12.2 Å². The summed E-state index contributed by atoms with van der Waals surface area (Å²) >= 11 is 0. The number of carbonyl (C=O) groups is 2. The van der Waals surface area contributed by atoms with Crippen molar-refractivity contribution in [1.29, 1.82) is 0 Å². The van der Waals surface area contributed by atoms with E-state index < -0.39 is 17.7 Å². The number of nitrogens with zero attached hydrogens (tertiary/aromatic N) is 2. The molecule has 6 nitrogen and oxygen atoms in total. The van der Waals surface area contributed by atoms with Crippen molar-refractivity contribution in [3.63, 3.8) is 0 Å². The maximum absolute atomic E-state index is 12.1. The van der Waals surface area contributed by atoms with Gasteiger partial charge in [-0.2, -0.15) is 5.10 Å². The quantitative estimate of drug-likeness (QED) is 0.599. The van der Waals surface area contributed by atoms with Crippen LogP contribution in [0.1, 0.15) is 41.4 Å². The van der Waals surface area contributed by atoms with Gasteiger partial charge in [0.15, 0.2) is 0 Å². The number of rotatable bonds is 7. The molecule has 23 heavy (non-hydrogen) atoms. The van der Waals surface area contributed by atoms with Gasteiger partial charge in [0.2, 0.25) is 0 Å². The minimum atomic E-state index is -0.751. The number of benzene rings is 1. The zero-order chi connectivity index (χ0) is 16.8. The lowest BCUT2D eigenvalue weighted by atomic mass is 10.0. The fraction of sp³-hybridized carbons (Fsp3) is 0.353. The van der Waals surface area contributed by atoms with Gasteiger partial charge >= 0.3 is 0 Å². The van der Waals surface area contributed by atoms with Crippen molar-refractivity contribution in [3.8, 4) is 0 Å². The second kappa shape index (κ2) is 7.69. The third kappa shape index (κ3) is 4.04. The van der Waals surface area contributed by atoms with Crippen molar-refractivity contribution >= 4 is 11.7 Å². The summed E-state index contributed by atoms with van der Waals surface area (Å²) in [6.45, 7) is 4.29. The van der Waals surface area contributed by atoms with Crippen LogP contribution in [0.4, 0.5) is 0 Å². The standard InChI is InChI=1S/C17H21N3O3/c1-3-12-5-7-13(8-6-12)15(11-21)19-17(23)16(22)14-9-18-20(4-2)10-14/h5-10,15,21H,3-4,11H2,1-2H3,(H,19,23). The Morgan fingerprint density at radius 3 is 2.48 bits per heavy atom. The lowest BCUT2D eigenvalue weighted by molar-refractivity contribution is -0.118. The second-order valence-electron chi connectivity index (χ2n) is 5.22. The van der Waals surface area contributed by atoms with Gasteiger partial charge in [-0.15, -0.1) is 0 Å². The Hall–Kier alpha value is -2.47. The van der Waals surface area contributed by atoms with Crippen LogP contribution < -0.4 is 5.32 Å². The molecule has 0 radical (unpaired) electrons. The largest absolute Gasteiger partial charge is 0.394 e. The molecular formula is C17H21N3O3. The maximum Gasteiger partial charge on any atom is 0.293 e. The van der Waals surface area contributed by atoms with Crippen molar-refractivity contribution in [2.45, 2.75) is 32.9 Å². The number of aliphatic hydroxyl groups is 1. The van der Waals surface area contributed by atoms with Crippen molar-refractivity contribution in [2.75, 3.05) is 6.61 Å². The first-order chi connectivity index (χ1) is 11.1. The molecule has 1 aromatic heterocycles. The van der Waals surface area contributed by atoms with Crippen LogP contribution in [-0.2, 0) is 17.8 Å². The van der Waals surface area contributed by atoms with Crippen molar-refractivity contribution in [3.05, 3.63) is 53.3 Å². The zero-order valence-electron chi connectivity index (χ0n) is 13.3. The molecule has 1 amide bonds. The molecule has 6 heteroatoms. The van der Waals surface area contributed by atoms with Gasteiger partial charge in [-0.3, -0.25) is 14.3 Å². The van der Waals surface area contributed by atoms with Gasteiger partial charge in [-0.1, -0.05) is 31.2 Å². The molecule has 1 unspecified atom stereocenters. The minimum Gasteiger partial charge on any atom is -0.394 e. The van der Waals surface area contributed by atoms with Crippen LogP contribution in [0.15, 0.2) is 36.7 Å². The molecule has 1 heterocycles. The zero-order valence-corrected chi connectivity index (χ0v) is 13.3. The van der Waals surface area contributed by atoms with Crippen LogP contribution in [0.2, 0.25) is 0 Å². The summed E-state index contributed by atoms with van der Waals surface area (Å²) in [5, 5.41) is 16.1. The second-order valence-corrected chi connectivity index (χ2v) is 5.22. The SMILES string of the molecule is CCc1ccc(C(CO)NC(=O)C(=O)c2cnn(CC)c2)cc1. The number of Topliss-reactive ketones (excluding diaryl/α,β-unsaturated/α-hetero) is 1. The first-order valence-corrected chi connectivity index (χ1v) is 7.66. The molecule has 1 aromatic carbocycles. The molecule has 0 saturated carbocycles. The first-order valence-electron chi connectivity index (χ1n) is 7.66. The van der Waals surface area contributed by atoms with E-state index in [9.17, 15) is 14.7 Å². The highest BCUT2D eigenvalue weighted by Crippen LogP contribution is 2.14. The summed E-state index contributed by atoms with van der Waals surface area (Å²) in [7, 11) is 0. The minimum absolute atomic E-state index is 0.238. The van der Waals surface area contributed by atoms with Crippen LogP contribution in [-0.4, -0.2) is 33.2 Å². The number of aryl methyl sites for hydroxylation is 2. The molecule has 0 fully saturated rings. The van der Waals surface area contributed by atoms with Gasteiger partial charge in [0.25, 0.3) is 11.7 Å². The van der Waals surface area contributed by atoms with Crippen molar-refractivity contribution in [2.24, 2.45) is 0 Å².